The molecule has 1 fully saturated rings. The van der Waals surface area contributed by atoms with Gasteiger partial charge < -0.3 is 10.5 Å². The normalized spacial score (nSPS) is 23.1. The number of rotatable bonds is 3. The molecule has 3 rings (SSSR count). The molecule has 1 aromatic rings. The Kier molecular flexibility index (Phi) is 4.31. The smallest absolute Gasteiger partial charge is 0.414 e. The molecule has 1 atom stereocenters. The lowest BCUT2D eigenvalue weighted by molar-refractivity contribution is 0.145. The third-order valence-corrected chi connectivity index (χ3v) is 5.56. The van der Waals surface area contributed by atoms with Gasteiger partial charge in [0.15, 0.2) is 9.84 Å². The largest absolute Gasteiger partial charge is 0.443 e. The number of hydrogen-bond donors (Lipinski definition) is 1. The first-order chi connectivity index (χ1) is 11.3. The average molecular weight is 358 g/mol. The van der Waals surface area contributed by atoms with Crippen molar-refractivity contribution in [2.24, 2.45) is 5.73 Å². The van der Waals surface area contributed by atoms with E-state index < -0.39 is 33.7 Å². The van der Waals surface area contributed by atoms with Crippen molar-refractivity contribution in [3.05, 3.63) is 35.4 Å². The summed E-state index contributed by atoms with van der Waals surface area (Å²) in [7, 11) is -3.19. The number of cyclic esters (lactones) is 1. The summed E-state index contributed by atoms with van der Waals surface area (Å²) < 4.78 is 56.6. The lowest BCUT2D eigenvalue weighted by Crippen LogP contribution is -2.27. The zero-order chi connectivity index (χ0) is 17.5. The molecular weight excluding hydrogens is 342 g/mol. The number of carbonyl (C=O) groups is 1. The van der Waals surface area contributed by atoms with Gasteiger partial charge >= 0.3 is 6.09 Å². The van der Waals surface area contributed by atoms with E-state index in [1.54, 1.807) is 0 Å². The molecule has 0 bridgehead atoms. The summed E-state index contributed by atoms with van der Waals surface area (Å²) in [6, 6.07) is 2.09. The zero-order valence-electron chi connectivity index (χ0n) is 12.7. The fourth-order valence-corrected chi connectivity index (χ4v) is 3.94. The Bertz CT molecular complexity index is 800. The quantitative estimate of drug-likeness (QED) is 0.883. The lowest BCUT2D eigenvalue weighted by Gasteiger charge is -2.18. The third-order valence-electron chi connectivity index (χ3n) is 4.06. The van der Waals surface area contributed by atoms with E-state index in [0.29, 0.717) is 5.57 Å². The van der Waals surface area contributed by atoms with Crippen molar-refractivity contribution in [3.8, 4) is 0 Å². The van der Waals surface area contributed by atoms with E-state index >= 15 is 0 Å². The summed E-state index contributed by atoms with van der Waals surface area (Å²) in [6.07, 6.45) is 0.153. The molecule has 1 saturated heterocycles. The minimum atomic E-state index is -3.19. The van der Waals surface area contributed by atoms with Crippen molar-refractivity contribution >= 4 is 27.2 Å². The molecule has 2 N–H and O–H groups in total. The molecule has 0 aromatic heterocycles. The number of nitrogens with zero attached hydrogens (tertiary/aromatic N) is 1. The van der Waals surface area contributed by atoms with Crippen molar-refractivity contribution in [1.82, 2.24) is 0 Å². The summed E-state index contributed by atoms with van der Waals surface area (Å²) in [5, 5.41) is 0. The van der Waals surface area contributed by atoms with Crippen LogP contribution in [0.5, 0.6) is 0 Å². The van der Waals surface area contributed by atoms with E-state index in [1.165, 1.54) is 6.08 Å². The van der Waals surface area contributed by atoms with Crippen LogP contribution >= 0.6 is 0 Å². The number of amides is 1. The first-order valence-electron chi connectivity index (χ1n) is 7.38. The standard InChI is InChI=1S/C15H16F2N2O4S/c16-12-5-10(19-8-11(7-18)23-15(19)20)6-13(17)14(12)9-1-3-24(21,22)4-2-9/h1,5-6,11H,2-4,7-8,18H2. The van der Waals surface area contributed by atoms with Crippen molar-refractivity contribution in [2.45, 2.75) is 12.5 Å². The van der Waals surface area contributed by atoms with Crippen molar-refractivity contribution in [3.63, 3.8) is 0 Å². The number of benzene rings is 1. The molecule has 1 aromatic carbocycles. The number of ether oxygens (including phenoxy) is 1. The van der Waals surface area contributed by atoms with Crippen LogP contribution in [0.4, 0.5) is 19.3 Å². The summed E-state index contributed by atoms with van der Waals surface area (Å²) in [5.74, 6) is -2.07. The molecule has 1 unspecified atom stereocenters. The number of carbonyl (C=O) groups excluding carboxylic acids is 1. The Hall–Kier alpha value is -2.00. The highest BCUT2D eigenvalue weighted by Crippen LogP contribution is 2.32. The van der Waals surface area contributed by atoms with Crippen LogP contribution < -0.4 is 10.6 Å². The minimum Gasteiger partial charge on any atom is -0.443 e. The molecule has 9 heteroatoms. The third kappa shape index (κ3) is 3.13. The average Bonchev–Trinajstić information content (AvgIpc) is 2.89. The SMILES string of the molecule is NCC1CN(c2cc(F)c(C3=CCS(=O)(=O)CC3)c(F)c2)C(=O)O1. The van der Waals surface area contributed by atoms with Gasteiger partial charge in [0.25, 0.3) is 0 Å². The van der Waals surface area contributed by atoms with E-state index in [4.69, 9.17) is 10.5 Å². The first kappa shape index (κ1) is 16.8. The summed E-state index contributed by atoms with van der Waals surface area (Å²) in [4.78, 5) is 12.9. The van der Waals surface area contributed by atoms with E-state index in [9.17, 15) is 22.0 Å². The lowest BCUT2D eigenvalue weighted by atomic mass is 10.0. The van der Waals surface area contributed by atoms with Gasteiger partial charge in [-0.2, -0.15) is 0 Å². The molecule has 0 spiro atoms. The van der Waals surface area contributed by atoms with E-state index in [1.807, 2.05) is 0 Å². The molecule has 0 radical (unpaired) electrons. The Morgan fingerprint density at radius 3 is 2.46 bits per heavy atom. The molecule has 130 valence electrons. The monoisotopic (exact) mass is 358 g/mol. The van der Waals surface area contributed by atoms with Crippen molar-refractivity contribution in [2.75, 3.05) is 29.5 Å². The first-order valence-corrected chi connectivity index (χ1v) is 9.20. The van der Waals surface area contributed by atoms with Gasteiger partial charge in [-0.15, -0.1) is 0 Å². The highest BCUT2D eigenvalue weighted by atomic mass is 32.2. The second-order valence-electron chi connectivity index (χ2n) is 5.73. The van der Waals surface area contributed by atoms with Gasteiger partial charge in [-0.05, 0) is 24.1 Å². The van der Waals surface area contributed by atoms with Crippen LogP contribution in [0.2, 0.25) is 0 Å². The molecule has 24 heavy (non-hydrogen) atoms. The predicted octanol–water partition coefficient (Wildman–Crippen LogP) is 1.45. The number of hydrogen-bond acceptors (Lipinski definition) is 5. The minimum absolute atomic E-state index is 0.0405. The Morgan fingerprint density at radius 2 is 1.96 bits per heavy atom. The van der Waals surface area contributed by atoms with Gasteiger partial charge in [0, 0.05) is 12.1 Å². The van der Waals surface area contributed by atoms with E-state index in [0.717, 1.165) is 17.0 Å². The highest BCUT2D eigenvalue weighted by Gasteiger charge is 2.33. The van der Waals surface area contributed by atoms with Crippen LogP contribution in [-0.4, -0.2) is 45.2 Å². The van der Waals surface area contributed by atoms with Gasteiger partial charge in [0.2, 0.25) is 0 Å². The second-order valence-corrected chi connectivity index (χ2v) is 7.96. The van der Waals surface area contributed by atoms with Crippen LogP contribution in [0, 0.1) is 11.6 Å². The number of sulfone groups is 1. The fourth-order valence-electron chi connectivity index (χ4n) is 2.78. The van der Waals surface area contributed by atoms with E-state index in [2.05, 4.69) is 0 Å². The van der Waals surface area contributed by atoms with E-state index in [-0.39, 0.29) is 42.3 Å². The summed E-state index contributed by atoms with van der Waals surface area (Å²) in [5.41, 5.74) is 5.53. The summed E-state index contributed by atoms with van der Waals surface area (Å²) in [6.45, 7) is 0.237. The number of halogens is 2. The van der Waals surface area contributed by atoms with Crippen LogP contribution in [0.25, 0.3) is 5.57 Å². The van der Waals surface area contributed by atoms with Crippen molar-refractivity contribution < 1.29 is 26.7 Å². The maximum absolute atomic E-state index is 14.4. The zero-order valence-corrected chi connectivity index (χ0v) is 13.5. The molecule has 1 amide bonds. The number of anilines is 1. The fraction of sp³-hybridized carbons (Fsp3) is 0.400. The molecular formula is C15H16F2N2O4S. The van der Waals surface area contributed by atoms with Gasteiger partial charge in [0.1, 0.15) is 17.7 Å². The second kappa shape index (κ2) is 6.14. The number of nitrogens with two attached hydrogens (primary N) is 1. The molecule has 6 nitrogen and oxygen atoms in total. The Morgan fingerprint density at radius 1 is 1.29 bits per heavy atom. The maximum atomic E-state index is 14.4. The molecule has 0 saturated carbocycles. The van der Waals surface area contributed by atoms with Crippen molar-refractivity contribution in [1.29, 1.82) is 0 Å². The predicted molar refractivity (Wildman–Crippen MR) is 84.3 cm³/mol. The van der Waals surface area contributed by atoms with Gasteiger partial charge in [0.05, 0.1) is 23.7 Å². The van der Waals surface area contributed by atoms with Gasteiger partial charge in [-0.25, -0.2) is 22.0 Å². The topological polar surface area (TPSA) is 89.7 Å². The Labute approximate surface area is 137 Å². The molecule has 2 aliphatic heterocycles. The van der Waals surface area contributed by atoms with Crippen LogP contribution in [0.3, 0.4) is 0 Å². The number of allylic oxidation sites excluding steroid dienone is 1. The molecule has 2 heterocycles. The maximum Gasteiger partial charge on any atom is 0.414 e. The highest BCUT2D eigenvalue weighted by molar-refractivity contribution is 7.91. The van der Waals surface area contributed by atoms with Gasteiger partial charge in [-0.1, -0.05) is 6.08 Å². The summed E-state index contributed by atoms with van der Waals surface area (Å²) >= 11 is 0. The Balaban J connectivity index is 1.93. The molecule has 0 aliphatic carbocycles. The molecule has 2 aliphatic rings. The van der Waals surface area contributed by atoms with Crippen LogP contribution in [0.15, 0.2) is 18.2 Å². The van der Waals surface area contributed by atoms with Crippen LogP contribution in [0.1, 0.15) is 12.0 Å². The van der Waals surface area contributed by atoms with Crippen LogP contribution in [-0.2, 0) is 14.6 Å². The van der Waals surface area contributed by atoms with Gasteiger partial charge in [-0.3, -0.25) is 4.90 Å².